The van der Waals surface area contributed by atoms with Crippen molar-refractivity contribution < 1.29 is 28.3 Å². The van der Waals surface area contributed by atoms with E-state index >= 15 is 4.11 Å². The zero-order chi connectivity index (χ0) is 35.8. The van der Waals surface area contributed by atoms with Crippen molar-refractivity contribution in [1.29, 1.82) is 0 Å². The number of aliphatic hydroxyl groups excluding tert-OH is 1. The zero-order valence-electron chi connectivity index (χ0n) is 29.9. The Morgan fingerprint density at radius 3 is 2.64 bits per heavy atom. The molecule has 3 aromatic rings. The van der Waals surface area contributed by atoms with Gasteiger partial charge in [0.2, 0.25) is 8.41 Å². The molecule has 0 saturated carbocycles. The van der Waals surface area contributed by atoms with Gasteiger partial charge in [-0.2, -0.15) is 0 Å². The van der Waals surface area contributed by atoms with Gasteiger partial charge in [-0.15, -0.1) is 5.10 Å². The maximum Gasteiger partial charge on any atom is 0.269 e. The molecule has 6 rings (SSSR count). The number of benzene rings is 2. The monoisotopic (exact) mass is 701 g/mol. The minimum Gasteiger partial charge on any atom is -0.482 e. The first kappa shape index (κ1) is 35.7. The van der Waals surface area contributed by atoms with E-state index < -0.39 is 31.6 Å². The van der Waals surface area contributed by atoms with E-state index in [4.69, 9.17) is 9.47 Å². The number of anilines is 3. The number of allylic oxidation sites excluding steroid dienone is 3. The van der Waals surface area contributed by atoms with E-state index in [0.717, 1.165) is 12.8 Å². The summed E-state index contributed by atoms with van der Waals surface area (Å²) in [6, 6.07) is 13.0. The number of hydrogen-bond donors (Lipinski definition) is 1. The van der Waals surface area contributed by atoms with Crippen molar-refractivity contribution in [1.82, 2.24) is 15.0 Å². The average Bonchev–Trinajstić information content (AvgIpc) is 3.71. The average molecular weight is 702 g/mol. The Labute approximate surface area is 294 Å². The maximum atomic E-state index is 16.5. The summed E-state index contributed by atoms with van der Waals surface area (Å²) in [4.78, 5) is 31.7. The van der Waals surface area contributed by atoms with Crippen molar-refractivity contribution >= 4 is 37.3 Å². The van der Waals surface area contributed by atoms with Gasteiger partial charge in [0.1, 0.15) is 5.75 Å². The molecular weight excluding hydrogens is 654 g/mol. The van der Waals surface area contributed by atoms with Crippen molar-refractivity contribution in [2.75, 3.05) is 29.6 Å². The quantitative estimate of drug-likeness (QED) is 0.126. The molecule has 4 heterocycles. The lowest BCUT2D eigenvalue weighted by molar-refractivity contribution is -0.145. The Kier molecular flexibility index (Phi) is 10.2. The first-order valence-corrected chi connectivity index (χ1v) is 20.5. The number of rotatable bonds is 12. The van der Waals surface area contributed by atoms with Crippen LogP contribution in [0.25, 0.3) is 0 Å². The Bertz CT molecular complexity index is 1810. The van der Waals surface area contributed by atoms with E-state index in [1.54, 1.807) is 33.8 Å². The number of carbonyl (C=O) groups excluding carboxylic acids is 2. The Morgan fingerprint density at radius 1 is 1.12 bits per heavy atom. The topological polar surface area (TPSA) is 110 Å². The van der Waals surface area contributed by atoms with Crippen molar-refractivity contribution in [3.8, 4) is 5.75 Å². The van der Waals surface area contributed by atoms with E-state index in [-0.39, 0.29) is 25.0 Å². The molecule has 12 heteroatoms. The van der Waals surface area contributed by atoms with Gasteiger partial charge in [0, 0.05) is 55.0 Å². The van der Waals surface area contributed by atoms with Gasteiger partial charge in [-0.05, 0) is 83.5 Å². The fourth-order valence-electron chi connectivity index (χ4n) is 7.89. The molecular formula is C38H48FN5O5Si. The number of aromatic nitrogens is 3. The summed E-state index contributed by atoms with van der Waals surface area (Å²) in [7, 11) is -3.40. The minimum absolute atomic E-state index is 0.0278. The normalized spacial score (nSPS) is 23.4. The lowest BCUT2D eigenvalue weighted by Gasteiger charge is -2.32. The molecule has 1 spiro atoms. The molecule has 1 N–H and O–H groups in total. The van der Waals surface area contributed by atoms with Gasteiger partial charge in [-0.3, -0.25) is 19.2 Å². The molecule has 3 aliphatic rings. The van der Waals surface area contributed by atoms with Gasteiger partial charge in [0.25, 0.3) is 11.8 Å². The van der Waals surface area contributed by atoms with Gasteiger partial charge in [-0.1, -0.05) is 47.6 Å². The van der Waals surface area contributed by atoms with Crippen LogP contribution in [0, 0.1) is 5.92 Å². The molecule has 2 aromatic carbocycles. The summed E-state index contributed by atoms with van der Waals surface area (Å²) in [5, 5.41) is 17.6. The van der Waals surface area contributed by atoms with E-state index in [2.05, 4.69) is 43.2 Å². The fourth-order valence-corrected chi connectivity index (χ4v) is 10.4. The van der Waals surface area contributed by atoms with Gasteiger partial charge < -0.3 is 23.6 Å². The minimum atomic E-state index is -3.40. The Hall–Kier alpha value is -4.13. The third kappa shape index (κ3) is 6.68. The van der Waals surface area contributed by atoms with Crippen LogP contribution in [0.4, 0.5) is 21.2 Å². The highest BCUT2D eigenvalue weighted by Crippen LogP contribution is 2.60. The molecule has 1 fully saturated rings. The summed E-state index contributed by atoms with van der Waals surface area (Å²) in [6.45, 7) is 12.2. The molecule has 3 aliphatic heterocycles. The number of amides is 2. The molecule has 1 saturated heterocycles. The van der Waals surface area contributed by atoms with Crippen molar-refractivity contribution in [2.45, 2.75) is 90.3 Å². The first-order valence-electron chi connectivity index (χ1n) is 17.5. The number of halogens is 1. The highest BCUT2D eigenvalue weighted by atomic mass is 28.4. The van der Waals surface area contributed by atoms with Crippen LogP contribution >= 0.6 is 0 Å². The second kappa shape index (κ2) is 14.2. The number of ether oxygens (including phenoxy) is 2. The number of fused-ring (bicyclic) bond motifs is 3. The second-order valence-electron chi connectivity index (χ2n) is 14.5. The summed E-state index contributed by atoms with van der Waals surface area (Å²) in [5.74, 6) is -0.326. The molecule has 266 valence electrons. The predicted molar refractivity (Wildman–Crippen MR) is 194 cm³/mol. The van der Waals surface area contributed by atoms with Crippen LogP contribution in [0.5, 0.6) is 5.75 Å². The van der Waals surface area contributed by atoms with Crippen LogP contribution in [0.15, 0.2) is 72.0 Å². The molecule has 0 aliphatic carbocycles. The summed E-state index contributed by atoms with van der Waals surface area (Å²) in [6.07, 6.45) is 8.15. The van der Waals surface area contributed by atoms with Crippen LogP contribution in [0.3, 0.4) is 0 Å². The van der Waals surface area contributed by atoms with Gasteiger partial charge in [0.05, 0.1) is 23.2 Å². The van der Waals surface area contributed by atoms with E-state index in [1.807, 2.05) is 49.4 Å². The van der Waals surface area contributed by atoms with Gasteiger partial charge in [-0.25, -0.2) is 0 Å². The standard InChI is InChI=1S/C38H48FN5O5Si/c1-25(2)10-9-11-26(3)16-20-43-31-15-14-29(44-32-12-7-8-13-33(32)48-24-35(44)46)22-30(31)38(37(43)47)27(4)36(50(5,6)39)34(49-38)17-19-42-23-28(18-21-45)40-41-42/h7-8,10,12-16,22-23,27,34,36,45H,9,11,17-21,24H2,1-6H3/b26-16+/t27-,34+,36-,38+/m1/s1. The first-order chi connectivity index (χ1) is 23.8. The predicted octanol–water partition coefficient (Wildman–Crippen LogP) is 6.77. The van der Waals surface area contributed by atoms with Crippen LogP contribution in [0.1, 0.15) is 58.2 Å². The molecule has 0 bridgehead atoms. The smallest absolute Gasteiger partial charge is 0.269 e. The Morgan fingerprint density at radius 2 is 1.90 bits per heavy atom. The zero-order valence-corrected chi connectivity index (χ0v) is 30.9. The molecule has 2 amide bonds. The molecule has 50 heavy (non-hydrogen) atoms. The van der Waals surface area contributed by atoms with Crippen LogP contribution in [-0.2, 0) is 32.9 Å². The largest absolute Gasteiger partial charge is 0.482 e. The lowest BCUT2D eigenvalue weighted by atomic mass is 9.82. The number of para-hydroxylation sites is 2. The summed E-state index contributed by atoms with van der Waals surface area (Å²) in [5.41, 5.74) is 3.75. The third-order valence-electron chi connectivity index (χ3n) is 10.2. The van der Waals surface area contributed by atoms with Crippen LogP contribution in [0.2, 0.25) is 18.6 Å². The molecule has 1 aromatic heterocycles. The number of carbonyl (C=O) groups is 2. The SMILES string of the molecule is CC(C)=CCC/C(C)=C/CN1C(=O)[C@@]2(O[C@@H](CCn3cc(CCO)nn3)[C@H]([Si](C)(C)F)[C@H]2C)c2cc(N3C(=O)COc4ccccc43)ccc21. The van der Waals surface area contributed by atoms with E-state index in [9.17, 15) is 14.7 Å². The fraction of sp³-hybridized carbons (Fsp3) is 0.474. The van der Waals surface area contributed by atoms with Crippen molar-refractivity contribution in [3.63, 3.8) is 0 Å². The second-order valence-corrected chi connectivity index (χ2v) is 18.3. The van der Waals surface area contributed by atoms with Gasteiger partial charge >= 0.3 is 0 Å². The third-order valence-corrected chi connectivity index (χ3v) is 12.7. The van der Waals surface area contributed by atoms with E-state index in [1.165, 1.54) is 11.1 Å². The lowest BCUT2D eigenvalue weighted by Crippen LogP contribution is -2.45. The molecule has 10 nitrogen and oxygen atoms in total. The summed E-state index contributed by atoms with van der Waals surface area (Å²) >= 11 is 0. The Balaban J connectivity index is 1.41. The van der Waals surface area contributed by atoms with Crippen LogP contribution in [-0.4, -0.2) is 66.2 Å². The number of nitrogens with zero attached hydrogens (tertiary/aromatic N) is 5. The number of aryl methyl sites for hydroxylation is 1. The van der Waals surface area contributed by atoms with E-state index in [0.29, 0.717) is 60.0 Å². The molecule has 0 radical (unpaired) electrons. The van der Waals surface area contributed by atoms with Crippen molar-refractivity contribution in [2.24, 2.45) is 5.92 Å². The van der Waals surface area contributed by atoms with Gasteiger partial charge in [0.15, 0.2) is 12.2 Å². The summed E-state index contributed by atoms with van der Waals surface area (Å²) < 4.78 is 30.9. The molecule has 0 unspecified atom stereocenters. The van der Waals surface area contributed by atoms with Crippen molar-refractivity contribution in [3.05, 3.63) is 83.2 Å². The molecule has 4 atom stereocenters. The number of aliphatic hydroxyl groups is 1. The highest BCUT2D eigenvalue weighted by Gasteiger charge is 2.66. The number of hydrogen-bond acceptors (Lipinski definition) is 7. The maximum absolute atomic E-state index is 16.5. The van der Waals surface area contributed by atoms with Crippen LogP contribution < -0.4 is 14.5 Å². The highest BCUT2D eigenvalue weighted by molar-refractivity contribution is 6.72.